The summed E-state index contributed by atoms with van der Waals surface area (Å²) in [6.45, 7) is 0.314. The van der Waals surface area contributed by atoms with Gasteiger partial charge < -0.3 is 9.84 Å². The Hall–Kier alpha value is -0.840. The number of rotatable bonds is 5. The molecule has 1 N–H and O–H groups in total. The second-order valence-electron chi connectivity index (χ2n) is 3.71. The van der Waals surface area contributed by atoms with Gasteiger partial charge in [-0.1, -0.05) is 28.1 Å². The second kappa shape index (κ2) is 6.19. The first-order chi connectivity index (χ1) is 8.24. The molecule has 0 amide bonds. The van der Waals surface area contributed by atoms with Crippen LogP contribution in [0.1, 0.15) is 4.88 Å². The lowest BCUT2D eigenvalue weighted by Crippen LogP contribution is -2.19. The molecule has 1 aromatic heterocycles. The van der Waals surface area contributed by atoms with Crippen molar-refractivity contribution in [1.29, 1.82) is 0 Å². The van der Waals surface area contributed by atoms with Crippen LogP contribution in [0.15, 0.2) is 46.3 Å². The fourth-order valence-electron chi connectivity index (χ4n) is 1.47. The normalized spacial score (nSPS) is 12.4. The molecule has 2 aromatic rings. The summed E-state index contributed by atoms with van der Waals surface area (Å²) in [6, 6.07) is 11.6. The number of aliphatic hydroxyl groups is 1. The minimum atomic E-state index is -0.465. The van der Waals surface area contributed by atoms with Crippen molar-refractivity contribution in [3.05, 3.63) is 51.1 Å². The summed E-state index contributed by atoms with van der Waals surface area (Å²) in [5.41, 5.74) is 0. The molecule has 1 aromatic carbocycles. The molecule has 0 saturated heterocycles. The Morgan fingerprint density at radius 3 is 2.88 bits per heavy atom. The van der Waals surface area contributed by atoms with Crippen LogP contribution in [-0.4, -0.2) is 17.8 Å². The first-order valence-electron chi connectivity index (χ1n) is 5.33. The number of hydrogen-bond acceptors (Lipinski definition) is 3. The number of ether oxygens (including phenoxy) is 1. The minimum Gasteiger partial charge on any atom is -0.491 e. The van der Waals surface area contributed by atoms with Gasteiger partial charge in [0.25, 0.3) is 0 Å². The van der Waals surface area contributed by atoms with Crippen LogP contribution < -0.4 is 4.74 Å². The molecule has 4 heteroatoms. The van der Waals surface area contributed by atoms with Crippen LogP contribution in [0, 0.1) is 0 Å². The molecule has 1 heterocycles. The molecule has 2 rings (SSSR count). The standard InChI is InChI=1S/C13H13BrO2S/c14-10-3-1-4-12(7-10)16-9-11(15)8-13-5-2-6-17-13/h1-7,11,15H,8-9H2. The largest absolute Gasteiger partial charge is 0.491 e. The van der Waals surface area contributed by atoms with E-state index in [4.69, 9.17) is 4.74 Å². The summed E-state index contributed by atoms with van der Waals surface area (Å²) >= 11 is 5.03. The molecule has 17 heavy (non-hydrogen) atoms. The van der Waals surface area contributed by atoms with Crippen LogP contribution >= 0.6 is 27.3 Å². The van der Waals surface area contributed by atoms with E-state index in [2.05, 4.69) is 15.9 Å². The van der Waals surface area contributed by atoms with Crippen molar-refractivity contribution in [1.82, 2.24) is 0 Å². The van der Waals surface area contributed by atoms with Crippen molar-refractivity contribution in [3.8, 4) is 5.75 Å². The Morgan fingerprint density at radius 2 is 2.18 bits per heavy atom. The lowest BCUT2D eigenvalue weighted by Gasteiger charge is -2.11. The van der Waals surface area contributed by atoms with Crippen molar-refractivity contribution < 1.29 is 9.84 Å². The predicted octanol–water partition coefficient (Wildman–Crippen LogP) is 3.49. The highest BCUT2D eigenvalue weighted by molar-refractivity contribution is 9.10. The maximum atomic E-state index is 9.82. The third-order valence-corrected chi connectivity index (χ3v) is 3.65. The lowest BCUT2D eigenvalue weighted by atomic mass is 10.2. The van der Waals surface area contributed by atoms with Crippen LogP contribution in [0.3, 0.4) is 0 Å². The molecule has 2 nitrogen and oxygen atoms in total. The van der Waals surface area contributed by atoms with E-state index in [0.29, 0.717) is 13.0 Å². The van der Waals surface area contributed by atoms with Crippen LogP contribution in [0.4, 0.5) is 0 Å². The highest BCUT2D eigenvalue weighted by atomic mass is 79.9. The highest BCUT2D eigenvalue weighted by Gasteiger charge is 2.07. The maximum absolute atomic E-state index is 9.82. The van der Waals surface area contributed by atoms with E-state index >= 15 is 0 Å². The Balaban J connectivity index is 1.82. The van der Waals surface area contributed by atoms with Gasteiger partial charge >= 0.3 is 0 Å². The average molecular weight is 313 g/mol. The Labute approximate surface area is 113 Å². The average Bonchev–Trinajstić information content (AvgIpc) is 2.79. The van der Waals surface area contributed by atoms with Crippen LogP contribution in [0.5, 0.6) is 5.75 Å². The second-order valence-corrected chi connectivity index (χ2v) is 5.65. The van der Waals surface area contributed by atoms with E-state index in [-0.39, 0.29) is 0 Å². The van der Waals surface area contributed by atoms with Gasteiger partial charge in [-0.15, -0.1) is 11.3 Å². The van der Waals surface area contributed by atoms with Crippen LogP contribution in [0.2, 0.25) is 0 Å². The van der Waals surface area contributed by atoms with Gasteiger partial charge in [0.1, 0.15) is 12.4 Å². The van der Waals surface area contributed by atoms with E-state index in [1.807, 2.05) is 41.8 Å². The number of hydrogen-bond donors (Lipinski definition) is 1. The Kier molecular flexibility index (Phi) is 4.59. The SMILES string of the molecule is OC(COc1cccc(Br)c1)Cc1cccs1. The molecule has 0 aliphatic carbocycles. The van der Waals surface area contributed by atoms with E-state index in [1.54, 1.807) is 11.3 Å². The molecule has 1 unspecified atom stereocenters. The van der Waals surface area contributed by atoms with Gasteiger partial charge in [0.05, 0.1) is 6.10 Å². The molecule has 0 aliphatic rings. The number of thiophene rings is 1. The summed E-state index contributed by atoms with van der Waals surface area (Å²) in [7, 11) is 0. The maximum Gasteiger partial charge on any atom is 0.120 e. The molecule has 1 atom stereocenters. The van der Waals surface area contributed by atoms with Gasteiger partial charge in [-0.25, -0.2) is 0 Å². The van der Waals surface area contributed by atoms with E-state index in [0.717, 1.165) is 10.2 Å². The monoisotopic (exact) mass is 312 g/mol. The van der Waals surface area contributed by atoms with Gasteiger partial charge in [-0.2, -0.15) is 0 Å². The highest BCUT2D eigenvalue weighted by Crippen LogP contribution is 2.18. The summed E-state index contributed by atoms with van der Waals surface area (Å²) in [6.07, 6.45) is 0.179. The van der Waals surface area contributed by atoms with Gasteiger partial charge in [-0.3, -0.25) is 0 Å². The van der Waals surface area contributed by atoms with Crippen molar-refractivity contribution >= 4 is 27.3 Å². The van der Waals surface area contributed by atoms with Crippen LogP contribution in [0.25, 0.3) is 0 Å². The fraction of sp³-hybridized carbons (Fsp3) is 0.231. The molecular weight excluding hydrogens is 300 g/mol. The zero-order valence-electron chi connectivity index (χ0n) is 9.17. The Bertz CT molecular complexity index is 456. The first-order valence-corrected chi connectivity index (χ1v) is 7.00. The Morgan fingerprint density at radius 1 is 1.29 bits per heavy atom. The molecule has 0 saturated carbocycles. The van der Waals surface area contributed by atoms with Crippen molar-refractivity contribution in [2.24, 2.45) is 0 Å². The number of aliphatic hydroxyl groups excluding tert-OH is 1. The smallest absolute Gasteiger partial charge is 0.120 e. The molecule has 0 fully saturated rings. The van der Waals surface area contributed by atoms with Gasteiger partial charge in [0.2, 0.25) is 0 Å². The molecule has 0 bridgehead atoms. The predicted molar refractivity (Wildman–Crippen MR) is 73.7 cm³/mol. The van der Waals surface area contributed by atoms with Gasteiger partial charge in [-0.05, 0) is 29.6 Å². The zero-order valence-corrected chi connectivity index (χ0v) is 11.6. The lowest BCUT2D eigenvalue weighted by molar-refractivity contribution is 0.108. The summed E-state index contributed by atoms with van der Waals surface area (Å²) in [5.74, 6) is 0.768. The molecule has 0 radical (unpaired) electrons. The van der Waals surface area contributed by atoms with E-state index < -0.39 is 6.10 Å². The molecule has 0 spiro atoms. The zero-order chi connectivity index (χ0) is 12.1. The minimum absolute atomic E-state index is 0.314. The third-order valence-electron chi connectivity index (χ3n) is 2.26. The van der Waals surface area contributed by atoms with Gasteiger partial charge in [0, 0.05) is 15.8 Å². The summed E-state index contributed by atoms with van der Waals surface area (Å²) in [5, 5.41) is 11.8. The van der Waals surface area contributed by atoms with Crippen LogP contribution in [-0.2, 0) is 6.42 Å². The fourth-order valence-corrected chi connectivity index (χ4v) is 2.62. The number of halogens is 1. The first kappa shape index (κ1) is 12.6. The molecular formula is C13H13BrO2S. The van der Waals surface area contributed by atoms with Gasteiger partial charge in [0.15, 0.2) is 0 Å². The molecule has 0 aliphatic heterocycles. The van der Waals surface area contributed by atoms with Crippen molar-refractivity contribution in [2.75, 3.05) is 6.61 Å². The van der Waals surface area contributed by atoms with Crippen molar-refractivity contribution in [2.45, 2.75) is 12.5 Å². The summed E-state index contributed by atoms with van der Waals surface area (Å²) in [4.78, 5) is 1.18. The topological polar surface area (TPSA) is 29.5 Å². The van der Waals surface area contributed by atoms with E-state index in [1.165, 1.54) is 4.88 Å². The van der Waals surface area contributed by atoms with E-state index in [9.17, 15) is 5.11 Å². The number of benzene rings is 1. The third kappa shape index (κ3) is 4.15. The molecule has 90 valence electrons. The van der Waals surface area contributed by atoms with Crippen molar-refractivity contribution in [3.63, 3.8) is 0 Å². The quantitative estimate of drug-likeness (QED) is 0.915. The summed E-state index contributed by atoms with van der Waals surface area (Å²) < 4.78 is 6.50.